The number of carbonyl (C=O) groups excluding carboxylic acids is 2. The van der Waals surface area contributed by atoms with Crippen molar-refractivity contribution >= 4 is 28.1 Å². The number of nitrogens with zero attached hydrogens (tertiary/aromatic N) is 2. The standard InChI is InChI=1S/C14H18BrN3O3/c1-21-14(20)18-8-6-17(7-9-18)13(19)16-10-11-4-2-3-5-12(11)15/h2-5H,6-10H2,1H3,(H,16,19). The summed E-state index contributed by atoms with van der Waals surface area (Å²) in [6.07, 6.45) is -0.344. The van der Waals surface area contributed by atoms with Gasteiger partial charge in [-0.25, -0.2) is 9.59 Å². The SMILES string of the molecule is COC(=O)N1CCN(C(=O)NCc2ccccc2Br)CC1. The lowest BCUT2D eigenvalue weighted by molar-refractivity contribution is 0.0970. The molecule has 2 rings (SSSR count). The molecule has 6 nitrogen and oxygen atoms in total. The highest BCUT2D eigenvalue weighted by Gasteiger charge is 2.24. The Bertz CT molecular complexity index is 516. The molecule has 3 amide bonds. The molecule has 1 aliphatic rings. The zero-order valence-electron chi connectivity index (χ0n) is 11.8. The number of piperazine rings is 1. The topological polar surface area (TPSA) is 61.9 Å². The zero-order valence-corrected chi connectivity index (χ0v) is 13.4. The van der Waals surface area contributed by atoms with Crippen LogP contribution in [0.25, 0.3) is 0 Å². The second kappa shape index (κ2) is 7.31. The molecule has 1 saturated heterocycles. The molecule has 1 N–H and O–H groups in total. The van der Waals surface area contributed by atoms with Crippen LogP contribution < -0.4 is 5.32 Å². The van der Waals surface area contributed by atoms with E-state index in [1.54, 1.807) is 9.80 Å². The number of benzene rings is 1. The van der Waals surface area contributed by atoms with Gasteiger partial charge in [-0.3, -0.25) is 0 Å². The lowest BCUT2D eigenvalue weighted by atomic mass is 10.2. The van der Waals surface area contributed by atoms with Crippen LogP contribution in [-0.4, -0.2) is 55.2 Å². The quantitative estimate of drug-likeness (QED) is 0.882. The lowest BCUT2D eigenvalue weighted by Gasteiger charge is -2.33. The molecule has 1 aliphatic heterocycles. The molecule has 0 spiro atoms. The maximum Gasteiger partial charge on any atom is 0.409 e. The van der Waals surface area contributed by atoms with Gasteiger partial charge in [-0.05, 0) is 11.6 Å². The van der Waals surface area contributed by atoms with Crippen molar-refractivity contribution in [2.45, 2.75) is 6.54 Å². The fourth-order valence-corrected chi connectivity index (χ4v) is 2.57. The minimum absolute atomic E-state index is 0.115. The van der Waals surface area contributed by atoms with Crippen LogP contribution in [0.3, 0.4) is 0 Å². The summed E-state index contributed by atoms with van der Waals surface area (Å²) in [4.78, 5) is 26.8. The van der Waals surface area contributed by atoms with Crippen molar-refractivity contribution in [3.63, 3.8) is 0 Å². The van der Waals surface area contributed by atoms with E-state index in [0.29, 0.717) is 32.7 Å². The highest BCUT2D eigenvalue weighted by molar-refractivity contribution is 9.10. The number of amides is 3. The number of nitrogens with one attached hydrogen (secondary N) is 1. The van der Waals surface area contributed by atoms with Gasteiger partial charge in [-0.1, -0.05) is 34.1 Å². The van der Waals surface area contributed by atoms with Gasteiger partial charge < -0.3 is 19.9 Å². The molecule has 114 valence electrons. The van der Waals surface area contributed by atoms with Gasteiger partial charge in [0.05, 0.1) is 7.11 Å². The number of ether oxygens (including phenoxy) is 1. The Morgan fingerprint density at radius 1 is 1.19 bits per heavy atom. The van der Waals surface area contributed by atoms with Gasteiger partial charge in [-0.2, -0.15) is 0 Å². The summed E-state index contributed by atoms with van der Waals surface area (Å²) in [7, 11) is 1.36. The normalized spacial score (nSPS) is 14.8. The molecule has 1 aromatic carbocycles. The summed E-state index contributed by atoms with van der Waals surface area (Å²) < 4.78 is 5.64. The van der Waals surface area contributed by atoms with Gasteiger partial charge in [0.2, 0.25) is 0 Å². The van der Waals surface area contributed by atoms with E-state index in [1.807, 2.05) is 24.3 Å². The molecule has 21 heavy (non-hydrogen) atoms. The molecule has 1 fully saturated rings. The Labute approximate surface area is 132 Å². The summed E-state index contributed by atoms with van der Waals surface area (Å²) in [5.74, 6) is 0. The Kier molecular flexibility index (Phi) is 5.44. The molecule has 0 unspecified atom stereocenters. The number of halogens is 1. The van der Waals surface area contributed by atoms with E-state index in [1.165, 1.54) is 7.11 Å². The monoisotopic (exact) mass is 355 g/mol. The fourth-order valence-electron chi connectivity index (χ4n) is 2.15. The van der Waals surface area contributed by atoms with E-state index < -0.39 is 0 Å². The van der Waals surface area contributed by atoms with Crippen molar-refractivity contribution in [2.24, 2.45) is 0 Å². The van der Waals surface area contributed by atoms with Crippen LogP contribution in [0.2, 0.25) is 0 Å². The second-order valence-corrected chi connectivity index (χ2v) is 5.55. The molecule has 1 aromatic rings. The lowest BCUT2D eigenvalue weighted by Crippen LogP contribution is -2.53. The highest BCUT2D eigenvalue weighted by Crippen LogP contribution is 2.15. The van der Waals surface area contributed by atoms with Crippen LogP contribution in [0.1, 0.15) is 5.56 Å². The molecule has 0 atom stereocenters. The first kappa shape index (κ1) is 15.6. The number of rotatable bonds is 2. The van der Waals surface area contributed by atoms with Gasteiger partial charge in [-0.15, -0.1) is 0 Å². The molecule has 0 bridgehead atoms. The van der Waals surface area contributed by atoms with Gasteiger partial charge in [0.15, 0.2) is 0 Å². The highest BCUT2D eigenvalue weighted by atomic mass is 79.9. The van der Waals surface area contributed by atoms with Crippen LogP contribution in [0.4, 0.5) is 9.59 Å². The van der Waals surface area contributed by atoms with Gasteiger partial charge in [0.1, 0.15) is 0 Å². The predicted octanol–water partition coefficient (Wildman–Crippen LogP) is 2.04. The average molecular weight is 356 g/mol. The third kappa shape index (κ3) is 4.10. The minimum Gasteiger partial charge on any atom is -0.453 e. The Hall–Kier alpha value is -1.76. The van der Waals surface area contributed by atoms with Crippen molar-refractivity contribution in [2.75, 3.05) is 33.3 Å². The van der Waals surface area contributed by atoms with Crippen LogP contribution in [0.15, 0.2) is 28.7 Å². The van der Waals surface area contributed by atoms with Crippen molar-refractivity contribution in [3.8, 4) is 0 Å². The largest absolute Gasteiger partial charge is 0.453 e. The van der Waals surface area contributed by atoms with Crippen molar-refractivity contribution in [3.05, 3.63) is 34.3 Å². The van der Waals surface area contributed by atoms with E-state index >= 15 is 0 Å². The Balaban J connectivity index is 1.80. The molecule has 0 saturated carbocycles. The smallest absolute Gasteiger partial charge is 0.409 e. The number of hydrogen-bond acceptors (Lipinski definition) is 3. The van der Waals surface area contributed by atoms with Gasteiger partial charge >= 0.3 is 12.1 Å². The van der Waals surface area contributed by atoms with Crippen molar-refractivity contribution < 1.29 is 14.3 Å². The predicted molar refractivity (Wildman–Crippen MR) is 81.9 cm³/mol. The summed E-state index contributed by atoms with van der Waals surface area (Å²) in [6, 6.07) is 7.65. The molecular formula is C14H18BrN3O3. The summed E-state index contributed by atoms with van der Waals surface area (Å²) in [6.45, 7) is 2.48. The number of hydrogen-bond donors (Lipinski definition) is 1. The van der Waals surface area contributed by atoms with Gasteiger partial charge in [0.25, 0.3) is 0 Å². The molecule has 1 heterocycles. The van der Waals surface area contributed by atoms with Crippen LogP contribution >= 0.6 is 15.9 Å². The molecule has 0 aromatic heterocycles. The number of urea groups is 1. The molecule has 0 radical (unpaired) electrons. The van der Waals surface area contributed by atoms with Crippen LogP contribution in [-0.2, 0) is 11.3 Å². The first-order valence-corrected chi connectivity index (χ1v) is 7.50. The zero-order chi connectivity index (χ0) is 15.2. The van der Waals surface area contributed by atoms with E-state index in [4.69, 9.17) is 0 Å². The van der Waals surface area contributed by atoms with Crippen molar-refractivity contribution in [1.29, 1.82) is 0 Å². The second-order valence-electron chi connectivity index (χ2n) is 4.69. The van der Waals surface area contributed by atoms with Gasteiger partial charge in [0, 0.05) is 37.2 Å². The molecular weight excluding hydrogens is 338 g/mol. The average Bonchev–Trinajstić information content (AvgIpc) is 2.53. The van der Waals surface area contributed by atoms with E-state index in [-0.39, 0.29) is 12.1 Å². The minimum atomic E-state index is -0.344. The summed E-state index contributed by atoms with van der Waals surface area (Å²) in [5, 5.41) is 2.89. The third-order valence-corrected chi connectivity index (χ3v) is 4.16. The van der Waals surface area contributed by atoms with Crippen LogP contribution in [0.5, 0.6) is 0 Å². The molecule has 0 aliphatic carbocycles. The third-order valence-electron chi connectivity index (χ3n) is 3.39. The maximum absolute atomic E-state index is 12.1. The van der Waals surface area contributed by atoms with E-state index in [9.17, 15) is 9.59 Å². The van der Waals surface area contributed by atoms with Crippen molar-refractivity contribution in [1.82, 2.24) is 15.1 Å². The molecule has 7 heteroatoms. The fraction of sp³-hybridized carbons (Fsp3) is 0.429. The maximum atomic E-state index is 12.1. The van der Waals surface area contributed by atoms with Crippen LogP contribution in [0, 0.1) is 0 Å². The number of methoxy groups -OCH3 is 1. The van der Waals surface area contributed by atoms with E-state index in [2.05, 4.69) is 26.0 Å². The first-order valence-electron chi connectivity index (χ1n) is 6.71. The summed E-state index contributed by atoms with van der Waals surface area (Å²) in [5.41, 5.74) is 1.03. The first-order chi connectivity index (χ1) is 10.1. The summed E-state index contributed by atoms with van der Waals surface area (Å²) >= 11 is 3.45. The Morgan fingerprint density at radius 3 is 2.43 bits per heavy atom. The van der Waals surface area contributed by atoms with E-state index in [0.717, 1.165) is 10.0 Å². The number of carbonyl (C=O) groups is 2. The Morgan fingerprint density at radius 2 is 1.81 bits per heavy atom.